The minimum atomic E-state index is -3.83. The van der Waals surface area contributed by atoms with Gasteiger partial charge in [0.1, 0.15) is 0 Å². The molecule has 106 valence electrons. The van der Waals surface area contributed by atoms with Gasteiger partial charge in [0, 0.05) is 0 Å². The highest BCUT2D eigenvalue weighted by Gasteiger charge is 2.37. The molecule has 1 atom stereocenters. The molecule has 1 unspecified atom stereocenters. The van der Waals surface area contributed by atoms with Crippen molar-refractivity contribution in [2.45, 2.75) is 11.7 Å². The quantitative estimate of drug-likeness (QED) is 0.908. The minimum Gasteiger partial charge on any atom is -0.280 e. The van der Waals surface area contributed by atoms with E-state index in [1.807, 2.05) is 0 Å². The molecule has 1 N–H and O–H groups in total. The van der Waals surface area contributed by atoms with Gasteiger partial charge in [-0.05, 0) is 18.6 Å². The van der Waals surface area contributed by atoms with E-state index in [1.165, 1.54) is 12.1 Å². The van der Waals surface area contributed by atoms with Crippen molar-refractivity contribution in [3.05, 3.63) is 28.2 Å². The van der Waals surface area contributed by atoms with Crippen molar-refractivity contribution in [3.8, 4) is 0 Å². The zero-order valence-corrected chi connectivity index (χ0v) is 12.8. The highest BCUT2D eigenvalue weighted by Crippen LogP contribution is 2.32. The summed E-state index contributed by atoms with van der Waals surface area (Å²) in [5.41, 5.74) is 0.0788. The Bertz CT molecular complexity index is 680. The summed E-state index contributed by atoms with van der Waals surface area (Å²) in [5, 5.41) is -0.640. The van der Waals surface area contributed by atoms with E-state index in [1.54, 1.807) is 6.07 Å². The zero-order chi connectivity index (χ0) is 14.3. The number of sulfone groups is 1. The lowest BCUT2D eigenvalue weighted by atomic mass is 10.3. The van der Waals surface area contributed by atoms with Crippen LogP contribution in [0, 0.1) is 0 Å². The third kappa shape index (κ3) is 3.34. The summed E-state index contributed by atoms with van der Waals surface area (Å²) in [7, 11) is -7.10. The van der Waals surface area contributed by atoms with Crippen LogP contribution in [-0.2, 0) is 19.9 Å². The molecule has 0 saturated carbocycles. The van der Waals surface area contributed by atoms with E-state index in [0.29, 0.717) is 0 Å². The Labute approximate surface area is 121 Å². The summed E-state index contributed by atoms with van der Waals surface area (Å²) < 4.78 is 49.1. The number of sulfonamides is 1. The van der Waals surface area contributed by atoms with Gasteiger partial charge in [-0.3, -0.25) is 4.72 Å². The van der Waals surface area contributed by atoms with Gasteiger partial charge in [0.05, 0.1) is 32.5 Å². The standard InChI is InChI=1S/C10H11Cl2NO4S2/c11-8-2-1-3-9(12)10(8)13-19(16,17)7-4-5-18(14,15)6-7/h1-3,7,13H,4-6H2. The van der Waals surface area contributed by atoms with Crippen LogP contribution in [0.5, 0.6) is 0 Å². The van der Waals surface area contributed by atoms with Crippen molar-refractivity contribution < 1.29 is 16.8 Å². The van der Waals surface area contributed by atoms with Crippen LogP contribution in [0.2, 0.25) is 10.0 Å². The summed E-state index contributed by atoms with van der Waals surface area (Å²) in [6, 6.07) is 4.58. The summed E-state index contributed by atoms with van der Waals surface area (Å²) >= 11 is 11.7. The number of nitrogens with one attached hydrogen (secondary N) is 1. The average Bonchev–Trinajstić information content (AvgIpc) is 2.65. The first-order chi connectivity index (χ1) is 8.71. The third-order valence-corrected chi connectivity index (χ3v) is 7.21. The molecule has 1 aromatic rings. The van der Waals surface area contributed by atoms with Crippen molar-refractivity contribution >= 4 is 48.7 Å². The second kappa shape index (κ2) is 5.12. The van der Waals surface area contributed by atoms with Gasteiger partial charge in [-0.1, -0.05) is 29.3 Å². The molecule has 0 spiro atoms. The third-order valence-electron chi connectivity index (χ3n) is 2.84. The molecule has 0 bridgehead atoms. The van der Waals surface area contributed by atoms with Gasteiger partial charge in [0.25, 0.3) is 0 Å². The summed E-state index contributed by atoms with van der Waals surface area (Å²) in [6.07, 6.45) is 0.0831. The van der Waals surface area contributed by atoms with Crippen LogP contribution in [0.1, 0.15) is 6.42 Å². The van der Waals surface area contributed by atoms with Crippen molar-refractivity contribution in [2.75, 3.05) is 16.2 Å². The van der Waals surface area contributed by atoms with Crippen LogP contribution in [0.25, 0.3) is 0 Å². The lowest BCUT2D eigenvalue weighted by molar-refractivity contribution is 0.587. The highest BCUT2D eigenvalue weighted by atomic mass is 35.5. The van der Waals surface area contributed by atoms with Crippen LogP contribution >= 0.6 is 23.2 Å². The van der Waals surface area contributed by atoms with Crippen LogP contribution in [0.15, 0.2) is 18.2 Å². The van der Waals surface area contributed by atoms with Crippen LogP contribution in [0.4, 0.5) is 5.69 Å². The summed E-state index contributed by atoms with van der Waals surface area (Å²) in [5.74, 6) is -0.487. The zero-order valence-electron chi connectivity index (χ0n) is 9.64. The monoisotopic (exact) mass is 343 g/mol. The number of hydrogen-bond donors (Lipinski definition) is 1. The topological polar surface area (TPSA) is 80.3 Å². The number of hydrogen-bond acceptors (Lipinski definition) is 4. The van der Waals surface area contributed by atoms with Crippen molar-refractivity contribution in [3.63, 3.8) is 0 Å². The number of anilines is 1. The smallest absolute Gasteiger partial charge is 0.236 e. The van der Waals surface area contributed by atoms with Crippen LogP contribution in [-0.4, -0.2) is 33.6 Å². The molecule has 1 aliphatic heterocycles. The second-order valence-electron chi connectivity index (χ2n) is 4.27. The fourth-order valence-corrected chi connectivity index (χ4v) is 6.56. The highest BCUT2D eigenvalue weighted by molar-refractivity contribution is 7.97. The molecule has 0 radical (unpaired) electrons. The molecule has 2 rings (SSSR count). The lowest BCUT2D eigenvalue weighted by Gasteiger charge is -2.14. The molecular weight excluding hydrogens is 333 g/mol. The summed E-state index contributed by atoms with van der Waals surface area (Å²) in [6.45, 7) is 0. The van der Waals surface area contributed by atoms with E-state index in [2.05, 4.69) is 4.72 Å². The Morgan fingerprint density at radius 1 is 1.21 bits per heavy atom. The number of rotatable bonds is 3. The predicted octanol–water partition coefficient (Wildman–Crippen LogP) is 1.92. The minimum absolute atomic E-state index is 0.0788. The van der Waals surface area contributed by atoms with Crippen molar-refractivity contribution in [1.29, 1.82) is 0 Å². The van der Waals surface area contributed by atoms with Crippen molar-refractivity contribution in [1.82, 2.24) is 0 Å². The van der Waals surface area contributed by atoms with E-state index < -0.39 is 25.1 Å². The van der Waals surface area contributed by atoms with Gasteiger partial charge in [-0.15, -0.1) is 0 Å². The number of benzene rings is 1. The molecular formula is C10H11Cl2NO4S2. The van der Waals surface area contributed by atoms with Crippen molar-refractivity contribution in [2.24, 2.45) is 0 Å². The first kappa shape index (κ1) is 14.9. The van der Waals surface area contributed by atoms with Gasteiger partial charge >= 0.3 is 0 Å². The second-order valence-corrected chi connectivity index (χ2v) is 9.27. The maximum absolute atomic E-state index is 12.1. The molecule has 19 heavy (non-hydrogen) atoms. The molecule has 1 fully saturated rings. The first-order valence-electron chi connectivity index (χ1n) is 5.37. The fraction of sp³-hybridized carbons (Fsp3) is 0.400. The molecule has 1 saturated heterocycles. The molecule has 5 nitrogen and oxygen atoms in total. The maximum atomic E-state index is 12.1. The van der Waals surface area contributed by atoms with Gasteiger partial charge in [0.2, 0.25) is 10.0 Å². The Morgan fingerprint density at radius 3 is 2.26 bits per heavy atom. The van der Waals surface area contributed by atoms with E-state index in [0.717, 1.165) is 0 Å². The maximum Gasteiger partial charge on any atom is 0.236 e. The number of halogens is 2. The SMILES string of the molecule is O=S1(=O)CCC(S(=O)(=O)Nc2c(Cl)cccc2Cl)C1. The number of para-hydroxylation sites is 1. The molecule has 0 amide bonds. The van der Waals surface area contributed by atoms with Gasteiger partial charge in [-0.25, -0.2) is 16.8 Å². The van der Waals surface area contributed by atoms with Crippen LogP contribution in [0.3, 0.4) is 0 Å². The van der Waals surface area contributed by atoms with Gasteiger partial charge in [0.15, 0.2) is 9.84 Å². The van der Waals surface area contributed by atoms with E-state index in [4.69, 9.17) is 23.2 Å². The fourth-order valence-electron chi connectivity index (χ4n) is 1.83. The largest absolute Gasteiger partial charge is 0.280 e. The van der Waals surface area contributed by atoms with Gasteiger partial charge in [-0.2, -0.15) is 0 Å². The summed E-state index contributed by atoms with van der Waals surface area (Å²) in [4.78, 5) is 0. The molecule has 1 aromatic carbocycles. The molecule has 0 aliphatic carbocycles. The Kier molecular flexibility index (Phi) is 4.02. The van der Waals surface area contributed by atoms with E-state index >= 15 is 0 Å². The molecule has 9 heteroatoms. The first-order valence-corrected chi connectivity index (χ1v) is 9.50. The Balaban J connectivity index is 2.28. The molecule has 0 aromatic heterocycles. The van der Waals surface area contributed by atoms with Crippen LogP contribution < -0.4 is 4.72 Å². The van der Waals surface area contributed by atoms with Gasteiger partial charge < -0.3 is 0 Å². The predicted molar refractivity (Wildman–Crippen MR) is 76.1 cm³/mol. The van der Waals surface area contributed by atoms with E-state index in [-0.39, 0.29) is 33.7 Å². The molecule has 1 heterocycles. The Hall–Kier alpha value is -0.500. The van der Waals surface area contributed by atoms with E-state index in [9.17, 15) is 16.8 Å². The lowest BCUT2D eigenvalue weighted by Crippen LogP contribution is -2.29. The Morgan fingerprint density at radius 2 is 1.79 bits per heavy atom. The molecule has 1 aliphatic rings. The normalized spacial score (nSPS) is 22.3. The average molecular weight is 344 g/mol.